The van der Waals surface area contributed by atoms with Crippen molar-refractivity contribution in [2.24, 2.45) is 5.73 Å². The van der Waals surface area contributed by atoms with Gasteiger partial charge in [0.1, 0.15) is 0 Å². The summed E-state index contributed by atoms with van der Waals surface area (Å²) >= 11 is 3.48. The molecule has 0 fully saturated rings. The van der Waals surface area contributed by atoms with Crippen molar-refractivity contribution >= 4 is 28.2 Å². The number of allylic oxidation sites excluding steroid dienone is 1. The van der Waals surface area contributed by atoms with Crippen LogP contribution in [0.1, 0.15) is 24.0 Å². The number of rotatable bonds is 5. The van der Waals surface area contributed by atoms with Crippen LogP contribution >= 0.6 is 22.7 Å². The van der Waals surface area contributed by atoms with Crippen LogP contribution in [0.2, 0.25) is 0 Å². The summed E-state index contributed by atoms with van der Waals surface area (Å²) in [6.07, 6.45) is 4.41. The molecule has 0 bridgehead atoms. The second-order valence-electron chi connectivity index (χ2n) is 3.57. The molecule has 0 aromatic carbocycles. The zero-order valence-corrected chi connectivity index (χ0v) is 10.7. The van der Waals surface area contributed by atoms with Gasteiger partial charge in [0.2, 0.25) is 0 Å². The predicted molar refractivity (Wildman–Crippen MR) is 74.0 cm³/mol. The minimum absolute atomic E-state index is 0.761. The highest BCUT2D eigenvalue weighted by Crippen LogP contribution is 2.27. The average Bonchev–Trinajstić information content (AvgIpc) is 2.97. The van der Waals surface area contributed by atoms with Gasteiger partial charge in [0.25, 0.3) is 0 Å². The van der Waals surface area contributed by atoms with E-state index in [0.29, 0.717) is 0 Å². The van der Waals surface area contributed by atoms with Gasteiger partial charge in [-0.2, -0.15) is 22.7 Å². The molecule has 2 aromatic rings. The molecule has 16 heavy (non-hydrogen) atoms. The summed E-state index contributed by atoms with van der Waals surface area (Å²) in [7, 11) is 0. The Hall–Kier alpha value is -0.900. The molecule has 2 rings (SSSR count). The number of unbranched alkanes of at least 4 members (excludes halogenated alkanes) is 1. The Morgan fingerprint density at radius 3 is 2.19 bits per heavy atom. The topological polar surface area (TPSA) is 26.0 Å². The maximum Gasteiger partial charge on any atom is -0.00146 e. The molecule has 1 nitrogen and oxygen atoms in total. The van der Waals surface area contributed by atoms with E-state index in [-0.39, 0.29) is 0 Å². The van der Waals surface area contributed by atoms with Crippen molar-refractivity contribution in [1.29, 1.82) is 0 Å². The van der Waals surface area contributed by atoms with E-state index in [9.17, 15) is 0 Å². The smallest absolute Gasteiger partial charge is 0.00146 e. The molecule has 0 saturated heterocycles. The summed E-state index contributed by atoms with van der Waals surface area (Å²) < 4.78 is 0. The standard InChI is InChI=1S/C13H15NS2/c14-6-2-1-3-13(11-4-7-15-9-11)12-5-8-16-10-12/h3-5,7-10H,1-2,6,14H2. The van der Waals surface area contributed by atoms with Gasteiger partial charge in [0, 0.05) is 0 Å². The summed E-state index contributed by atoms with van der Waals surface area (Å²) in [6, 6.07) is 4.35. The van der Waals surface area contributed by atoms with E-state index < -0.39 is 0 Å². The van der Waals surface area contributed by atoms with Crippen molar-refractivity contribution in [2.75, 3.05) is 6.54 Å². The molecule has 0 saturated carbocycles. The van der Waals surface area contributed by atoms with E-state index >= 15 is 0 Å². The van der Waals surface area contributed by atoms with Crippen LogP contribution in [0.15, 0.2) is 39.7 Å². The van der Waals surface area contributed by atoms with Crippen LogP contribution in [0.5, 0.6) is 0 Å². The summed E-state index contributed by atoms with van der Waals surface area (Å²) in [5.41, 5.74) is 9.51. The van der Waals surface area contributed by atoms with E-state index in [4.69, 9.17) is 5.73 Å². The second kappa shape index (κ2) is 5.99. The third-order valence-electron chi connectivity index (χ3n) is 2.42. The van der Waals surface area contributed by atoms with Crippen LogP contribution < -0.4 is 5.73 Å². The molecule has 0 atom stereocenters. The number of hydrogen-bond acceptors (Lipinski definition) is 3. The fraction of sp³-hybridized carbons (Fsp3) is 0.231. The average molecular weight is 249 g/mol. The zero-order valence-electron chi connectivity index (χ0n) is 9.06. The third-order valence-corrected chi connectivity index (χ3v) is 3.79. The minimum Gasteiger partial charge on any atom is -0.330 e. The van der Waals surface area contributed by atoms with Crippen molar-refractivity contribution in [2.45, 2.75) is 12.8 Å². The van der Waals surface area contributed by atoms with E-state index in [1.54, 1.807) is 22.7 Å². The maximum absolute atomic E-state index is 5.53. The highest BCUT2D eigenvalue weighted by Gasteiger charge is 2.05. The minimum atomic E-state index is 0.761. The van der Waals surface area contributed by atoms with Gasteiger partial charge in [-0.3, -0.25) is 0 Å². The van der Waals surface area contributed by atoms with Gasteiger partial charge >= 0.3 is 0 Å². The van der Waals surface area contributed by atoms with Gasteiger partial charge < -0.3 is 5.73 Å². The first-order valence-corrected chi connectivity index (χ1v) is 7.25. The number of thiophene rings is 2. The first-order chi connectivity index (χ1) is 7.92. The molecule has 0 aliphatic rings. The Labute approximate surface area is 104 Å². The van der Waals surface area contributed by atoms with Crippen LogP contribution in [-0.4, -0.2) is 6.54 Å². The summed E-state index contributed by atoms with van der Waals surface area (Å²) in [4.78, 5) is 0. The lowest BCUT2D eigenvalue weighted by Gasteiger charge is -2.03. The molecule has 2 heterocycles. The molecular weight excluding hydrogens is 234 g/mol. The highest BCUT2D eigenvalue weighted by atomic mass is 32.1. The normalized spacial score (nSPS) is 10.3. The molecule has 0 spiro atoms. The van der Waals surface area contributed by atoms with Gasteiger partial charge in [0.05, 0.1) is 0 Å². The lowest BCUT2D eigenvalue weighted by molar-refractivity contribution is 0.856. The Morgan fingerprint density at radius 2 is 1.75 bits per heavy atom. The molecule has 3 heteroatoms. The zero-order chi connectivity index (χ0) is 11.2. The fourth-order valence-corrected chi connectivity index (χ4v) is 2.91. The van der Waals surface area contributed by atoms with Crippen LogP contribution in [0.4, 0.5) is 0 Å². The molecular formula is C13H15NS2. The van der Waals surface area contributed by atoms with Crippen molar-refractivity contribution in [3.05, 3.63) is 50.9 Å². The summed E-state index contributed by atoms with van der Waals surface area (Å²) in [5.74, 6) is 0. The van der Waals surface area contributed by atoms with Crippen molar-refractivity contribution in [1.82, 2.24) is 0 Å². The quantitative estimate of drug-likeness (QED) is 0.797. The summed E-state index contributed by atoms with van der Waals surface area (Å²) in [5, 5.41) is 8.65. The fourth-order valence-electron chi connectivity index (χ4n) is 1.60. The molecule has 0 radical (unpaired) electrons. The van der Waals surface area contributed by atoms with Gasteiger partial charge in [-0.05, 0) is 69.7 Å². The lowest BCUT2D eigenvalue weighted by atomic mass is 10.0. The van der Waals surface area contributed by atoms with E-state index in [1.807, 2.05) is 0 Å². The lowest BCUT2D eigenvalue weighted by Crippen LogP contribution is -1.96. The van der Waals surface area contributed by atoms with Crippen molar-refractivity contribution < 1.29 is 0 Å². The molecule has 0 amide bonds. The first-order valence-electron chi connectivity index (χ1n) is 5.37. The van der Waals surface area contributed by atoms with Crippen LogP contribution in [0, 0.1) is 0 Å². The largest absolute Gasteiger partial charge is 0.330 e. The molecule has 2 N–H and O–H groups in total. The number of hydrogen-bond donors (Lipinski definition) is 1. The van der Waals surface area contributed by atoms with Crippen LogP contribution in [0.25, 0.3) is 5.57 Å². The monoisotopic (exact) mass is 249 g/mol. The Bertz CT molecular complexity index is 390. The van der Waals surface area contributed by atoms with E-state index in [1.165, 1.54) is 16.7 Å². The maximum atomic E-state index is 5.53. The van der Waals surface area contributed by atoms with E-state index in [2.05, 4.69) is 39.7 Å². The van der Waals surface area contributed by atoms with Gasteiger partial charge in [0.15, 0.2) is 0 Å². The predicted octanol–water partition coefficient (Wildman–Crippen LogP) is 3.98. The highest BCUT2D eigenvalue weighted by molar-refractivity contribution is 7.08. The molecule has 0 aliphatic carbocycles. The van der Waals surface area contributed by atoms with Gasteiger partial charge in [-0.25, -0.2) is 0 Å². The molecule has 0 unspecified atom stereocenters. The second-order valence-corrected chi connectivity index (χ2v) is 5.13. The molecule has 84 valence electrons. The van der Waals surface area contributed by atoms with E-state index in [0.717, 1.165) is 19.4 Å². The third kappa shape index (κ3) is 2.82. The van der Waals surface area contributed by atoms with Crippen LogP contribution in [0.3, 0.4) is 0 Å². The summed E-state index contributed by atoms with van der Waals surface area (Å²) in [6.45, 7) is 0.761. The first kappa shape index (κ1) is 11.6. The Balaban J connectivity index is 2.24. The Morgan fingerprint density at radius 1 is 1.12 bits per heavy atom. The Kier molecular flexibility index (Phi) is 4.34. The molecule has 2 aromatic heterocycles. The number of nitrogens with two attached hydrogens (primary N) is 1. The van der Waals surface area contributed by atoms with Gasteiger partial charge in [-0.15, -0.1) is 0 Å². The van der Waals surface area contributed by atoms with Gasteiger partial charge in [-0.1, -0.05) is 6.08 Å². The SMILES string of the molecule is NCCCC=C(c1ccsc1)c1ccsc1. The van der Waals surface area contributed by atoms with Crippen molar-refractivity contribution in [3.8, 4) is 0 Å². The van der Waals surface area contributed by atoms with Crippen LogP contribution in [-0.2, 0) is 0 Å². The molecule has 0 aliphatic heterocycles. The van der Waals surface area contributed by atoms with Crippen molar-refractivity contribution in [3.63, 3.8) is 0 Å².